The Hall–Kier alpha value is -2.69. The average Bonchev–Trinajstić information content (AvgIpc) is 3.08. The molecule has 0 aromatic carbocycles. The first-order valence-electron chi connectivity index (χ1n) is 6.62. The Morgan fingerprint density at radius 2 is 2.20 bits per heavy atom. The summed E-state index contributed by atoms with van der Waals surface area (Å²) < 4.78 is 6.71. The largest absolute Gasteiger partial charge is 0.296 e. The zero-order chi connectivity index (χ0) is 13.3. The molecule has 0 bridgehead atoms. The Morgan fingerprint density at radius 3 is 3.15 bits per heavy atom. The normalized spacial score (nSPS) is 13.1. The van der Waals surface area contributed by atoms with Crippen molar-refractivity contribution in [2.45, 2.75) is 6.54 Å². The van der Waals surface area contributed by atoms with E-state index in [2.05, 4.69) is 48.9 Å². The minimum Gasteiger partial charge on any atom is -0.289 e. The van der Waals surface area contributed by atoms with Gasteiger partial charge in [0.05, 0.1) is 5.56 Å². The highest BCUT2D eigenvalue weighted by Crippen LogP contribution is 2.30. The molecule has 4 aromatic rings. The van der Waals surface area contributed by atoms with E-state index in [0.29, 0.717) is 0 Å². The van der Waals surface area contributed by atoms with Crippen LogP contribution in [0.4, 0.5) is 0 Å². The monoisotopic (exact) mass is 262 g/mol. The van der Waals surface area contributed by atoms with Crippen LogP contribution in [0.3, 0.4) is 0 Å². The molecule has 1 aliphatic heterocycles. The quantitative estimate of drug-likeness (QED) is 0.397. The molecule has 0 N–H and O–H groups in total. The molecule has 0 atom stereocenters. The molecule has 0 saturated heterocycles. The fourth-order valence-electron chi connectivity index (χ4n) is 3.25. The molecule has 5 heteroatoms. The molecular formula is C15H12N5+. The van der Waals surface area contributed by atoms with Gasteiger partial charge in [0.25, 0.3) is 5.82 Å². The lowest BCUT2D eigenvalue weighted by molar-refractivity contribution is -0.670. The molecule has 5 heterocycles. The van der Waals surface area contributed by atoms with Crippen molar-refractivity contribution in [3.05, 3.63) is 48.5 Å². The number of pyridine rings is 2. The minimum atomic E-state index is 0.891. The highest BCUT2D eigenvalue weighted by molar-refractivity contribution is 5.81. The summed E-state index contributed by atoms with van der Waals surface area (Å²) in [6.07, 6.45) is 7.85. The van der Waals surface area contributed by atoms with Gasteiger partial charge in [-0.1, -0.05) is 0 Å². The van der Waals surface area contributed by atoms with Gasteiger partial charge in [-0.2, -0.15) is 4.40 Å². The molecule has 5 nitrogen and oxygen atoms in total. The van der Waals surface area contributed by atoms with Crippen LogP contribution in [0.5, 0.6) is 0 Å². The van der Waals surface area contributed by atoms with Crippen molar-refractivity contribution < 1.29 is 4.57 Å². The van der Waals surface area contributed by atoms with Crippen LogP contribution in [0.25, 0.3) is 28.2 Å². The van der Waals surface area contributed by atoms with Gasteiger partial charge in [-0.05, 0) is 18.2 Å². The van der Waals surface area contributed by atoms with E-state index in [9.17, 15) is 0 Å². The molecule has 0 aliphatic carbocycles. The summed E-state index contributed by atoms with van der Waals surface area (Å²) in [5, 5.41) is 0. The fraction of sp³-hybridized carbons (Fsp3) is 0.133. The summed E-state index contributed by atoms with van der Waals surface area (Å²) in [5.74, 6) is 1.22. The molecule has 0 radical (unpaired) electrons. The molecule has 4 aromatic heterocycles. The van der Waals surface area contributed by atoms with Crippen LogP contribution >= 0.6 is 0 Å². The van der Waals surface area contributed by atoms with Crippen LogP contribution in [-0.2, 0) is 13.6 Å². The van der Waals surface area contributed by atoms with Crippen LogP contribution in [0.2, 0.25) is 0 Å². The summed E-state index contributed by atoms with van der Waals surface area (Å²) in [6, 6.07) is 6.20. The summed E-state index contributed by atoms with van der Waals surface area (Å²) in [4.78, 5) is 8.72. The maximum atomic E-state index is 4.49. The summed E-state index contributed by atoms with van der Waals surface area (Å²) >= 11 is 0. The van der Waals surface area contributed by atoms with Crippen molar-refractivity contribution >= 4 is 16.8 Å². The Labute approximate surface area is 114 Å². The van der Waals surface area contributed by atoms with Crippen LogP contribution in [0.1, 0.15) is 5.56 Å². The topological polar surface area (TPSA) is 39.0 Å². The van der Waals surface area contributed by atoms with E-state index in [4.69, 9.17) is 0 Å². The lowest BCUT2D eigenvalue weighted by Crippen LogP contribution is -2.29. The van der Waals surface area contributed by atoms with E-state index in [0.717, 1.165) is 23.4 Å². The molecule has 0 amide bonds. The van der Waals surface area contributed by atoms with Crippen LogP contribution in [-0.4, -0.2) is 18.9 Å². The second kappa shape index (κ2) is 3.25. The van der Waals surface area contributed by atoms with Crippen LogP contribution < -0.4 is 4.57 Å². The smallest absolute Gasteiger partial charge is 0.289 e. The number of hydrogen-bond acceptors (Lipinski definition) is 2. The summed E-state index contributed by atoms with van der Waals surface area (Å²) in [5.41, 5.74) is 5.85. The molecular weight excluding hydrogens is 250 g/mol. The third-order valence-electron chi connectivity index (χ3n) is 4.14. The van der Waals surface area contributed by atoms with Crippen LogP contribution in [0.15, 0.2) is 43.0 Å². The number of fused-ring (bicyclic) bond motifs is 7. The maximum Gasteiger partial charge on any atom is 0.296 e. The molecule has 0 unspecified atom stereocenters. The number of nitrogens with zero attached hydrogens (tertiary/aromatic N) is 5. The Kier molecular flexibility index (Phi) is 1.65. The van der Waals surface area contributed by atoms with Crippen molar-refractivity contribution in [1.82, 2.24) is 18.9 Å². The maximum absolute atomic E-state index is 4.49. The molecule has 20 heavy (non-hydrogen) atoms. The van der Waals surface area contributed by atoms with Crippen molar-refractivity contribution in [1.29, 1.82) is 0 Å². The zero-order valence-corrected chi connectivity index (χ0v) is 11.0. The lowest BCUT2D eigenvalue weighted by Gasteiger charge is -1.92. The first-order chi connectivity index (χ1) is 9.84. The van der Waals surface area contributed by atoms with Crippen molar-refractivity contribution in [3.63, 3.8) is 0 Å². The molecule has 5 rings (SSSR count). The first kappa shape index (κ1) is 10.1. The Balaban J connectivity index is 2.03. The third-order valence-corrected chi connectivity index (χ3v) is 4.14. The predicted molar refractivity (Wildman–Crippen MR) is 74.2 cm³/mol. The third kappa shape index (κ3) is 1.02. The number of hydrogen-bond donors (Lipinski definition) is 0. The number of aromatic nitrogens is 5. The highest BCUT2D eigenvalue weighted by atomic mass is 15.2. The van der Waals surface area contributed by atoms with E-state index in [1.807, 2.05) is 24.7 Å². The standard InChI is InChI=1S/C15H12N5/c1-18-13-9-19-8-10-7-16-6-4-11(10)15(19)20(13)12-3-2-5-17-14(12)18/h2-7,9H,8H2,1H3/q+1. The van der Waals surface area contributed by atoms with E-state index in [1.54, 1.807) is 0 Å². The van der Waals surface area contributed by atoms with Crippen molar-refractivity contribution in [3.8, 4) is 11.4 Å². The molecule has 0 spiro atoms. The van der Waals surface area contributed by atoms with Gasteiger partial charge in [-0.25, -0.2) is 9.55 Å². The molecule has 1 aliphatic rings. The van der Waals surface area contributed by atoms with Gasteiger partial charge in [-0.3, -0.25) is 9.55 Å². The Bertz CT molecular complexity index is 992. The number of aryl methyl sites for hydroxylation is 1. The Morgan fingerprint density at radius 1 is 1.25 bits per heavy atom. The average molecular weight is 262 g/mol. The number of rotatable bonds is 0. The summed E-state index contributed by atoms with van der Waals surface area (Å²) in [7, 11) is 2.06. The predicted octanol–water partition coefficient (Wildman–Crippen LogP) is 1.54. The van der Waals surface area contributed by atoms with Crippen LogP contribution in [0, 0.1) is 0 Å². The molecule has 0 fully saturated rings. The van der Waals surface area contributed by atoms with E-state index < -0.39 is 0 Å². The van der Waals surface area contributed by atoms with Crippen molar-refractivity contribution in [2.24, 2.45) is 7.05 Å². The van der Waals surface area contributed by atoms with Gasteiger partial charge < -0.3 is 0 Å². The van der Waals surface area contributed by atoms with Gasteiger partial charge in [0.2, 0.25) is 5.65 Å². The van der Waals surface area contributed by atoms with Gasteiger partial charge in [-0.15, -0.1) is 0 Å². The van der Waals surface area contributed by atoms with Gasteiger partial charge in [0.1, 0.15) is 6.54 Å². The van der Waals surface area contributed by atoms with Gasteiger partial charge >= 0.3 is 0 Å². The summed E-state index contributed by atoms with van der Waals surface area (Å²) in [6.45, 7) is 0.891. The zero-order valence-electron chi connectivity index (χ0n) is 11.0. The van der Waals surface area contributed by atoms with Crippen molar-refractivity contribution in [2.75, 3.05) is 0 Å². The molecule has 96 valence electrons. The van der Waals surface area contributed by atoms with E-state index >= 15 is 0 Å². The number of imidazole rings is 2. The fourth-order valence-corrected chi connectivity index (χ4v) is 3.25. The van der Waals surface area contributed by atoms with E-state index in [1.165, 1.54) is 17.0 Å². The minimum absolute atomic E-state index is 0.891. The SMILES string of the molecule is Cn1c2ncccc2n2c3[n+](cc12)Cc1cnccc1-3. The van der Waals surface area contributed by atoms with E-state index in [-0.39, 0.29) is 0 Å². The first-order valence-corrected chi connectivity index (χ1v) is 6.62. The second-order valence-corrected chi connectivity index (χ2v) is 5.21. The highest BCUT2D eigenvalue weighted by Gasteiger charge is 2.33. The lowest BCUT2D eigenvalue weighted by atomic mass is 10.2. The molecule has 0 saturated carbocycles. The van der Waals surface area contributed by atoms with Gasteiger partial charge in [0.15, 0.2) is 17.4 Å². The second-order valence-electron chi connectivity index (χ2n) is 5.21. The van der Waals surface area contributed by atoms with Gasteiger partial charge in [0, 0.05) is 31.2 Å².